The highest BCUT2D eigenvalue weighted by Crippen LogP contribution is 2.34. The Hall–Kier alpha value is -4.23. The fraction of sp³-hybridized carbons (Fsp3) is 0.320. The SMILES string of the molecule is Cc1[nH]nc(C#N)c1-c1nc(-n2cnc3cc(N4CC[C@H]5CNC(=O)[C@H]54)ccc32)ccc1CCO. The number of carbonyl (C=O) groups excluding carboxylic acids is 1. The minimum atomic E-state index is -0.106. The predicted octanol–water partition coefficient (Wildman–Crippen LogP) is 1.85. The molecule has 1 amide bonds. The fourth-order valence-corrected chi connectivity index (χ4v) is 5.36. The van der Waals surface area contributed by atoms with Crippen LogP contribution in [-0.4, -0.2) is 61.5 Å². The first-order valence-corrected chi connectivity index (χ1v) is 11.7. The number of pyridine rings is 1. The van der Waals surface area contributed by atoms with Crippen LogP contribution >= 0.6 is 0 Å². The van der Waals surface area contributed by atoms with Crippen LogP contribution in [0.1, 0.15) is 23.4 Å². The molecule has 6 rings (SSSR count). The summed E-state index contributed by atoms with van der Waals surface area (Å²) in [6.45, 7) is 3.43. The molecule has 5 heterocycles. The van der Waals surface area contributed by atoms with Gasteiger partial charge in [0.25, 0.3) is 0 Å². The van der Waals surface area contributed by atoms with Gasteiger partial charge in [0.15, 0.2) is 5.69 Å². The van der Waals surface area contributed by atoms with Crippen LogP contribution in [0.15, 0.2) is 36.7 Å². The van der Waals surface area contributed by atoms with E-state index in [4.69, 9.17) is 4.98 Å². The predicted molar refractivity (Wildman–Crippen MR) is 129 cm³/mol. The summed E-state index contributed by atoms with van der Waals surface area (Å²) < 4.78 is 1.90. The number of nitrogens with one attached hydrogen (secondary N) is 2. The molecule has 2 fully saturated rings. The molecule has 3 N–H and O–H groups in total. The Labute approximate surface area is 201 Å². The van der Waals surface area contributed by atoms with Crippen molar-refractivity contribution in [3.05, 3.63) is 53.6 Å². The van der Waals surface area contributed by atoms with E-state index in [0.717, 1.165) is 47.5 Å². The van der Waals surface area contributed by atoms with Crippen molar-refractivity contribution in [2.45, 2.75) is 25.8 Å². The molecule has 3 aromatic heterocycles. The van der Waals surface area contributed by atoms with Gasteiger partial charge < -0.3 is 15.3 Å². The van der Waals surface area contributed by atoms with Crippen LogP contribution in [0, 0.1) is 24.2 Å². The standard InChI is InChI=1S/C25H24N8O2/c1-14-22(19(11-26)31-30-14)23-15(7-9-34)2-5-21(29-23)33-13-28-18-10-17(3-4-20(18)33)32-8-6-16-12-27-25(35)24(16)32/h2-5,10,13,16,24,34H,6-9,12H2,1H3,(H,27,35)(H,30,31)/t16-,24-/m0/s1. The third-order valence-corrected chi connectivity index (χ3v) is 7.07. The molecule has 10 nitrogen and oxygen atoms in total. The van der Waals surface area contributed by atoms with Gasteiger partial charge in [-0.15, -0.1) is 0 Å². The number of aliphatic hydroxyl groups is 1. The summed E-state index contributed by atoms with van der Waals surface area (Å²) in [5, 5.41) is 29.0. The molecule has 2 saturated heterocycles. The molecule has 10 heteroatoms. The van der Waals surface area contributed by atoms with Gasteiger partial charge in [-0.25, -0.2) is 9.97 Å². The van der Waals surface area contributed by atoms with Gasteiger partial charge in [0.05, 0.1) is 22.3 Å². The fourth-order valence-electron chi connectivity index (χ4n) is 5.36. The highest BCUT2D eigenvalue weighted by Gasteiger charge is 2.43. The molecule has 0 bridgehead atoms. The molecule has 2 aliphatic heterocycles. The summed E-state index contributed by atoms with van der Waals surface area (Å²) in [5.41, 5.74) is 5.80. The van der Waals surface area contributed by atoms with Crippen molar-refractivity contribution in [2.24, 2.45) is 5.92 Å². The topological polar surface area (TPSA) is 136 Å². The monoisotopic (exact) mass is 468 g/mol. The first-order valence-electron chi connectivity index (χ1n) is 11.7. The number of aromatic nitrogens is 5. The number of amides is 1. The van der Waals surface area contributed by atoms with E-state index in [-0.39, 0.29) is 24.2 Å². The van der Waals surface area contributed by atoms with Crippen molar-refractivity contribution < 1.29 is 9.90 Å². The Bertz CT molecular complexity index is 1500. The number of carbonyl (C=O) groups is 1. The summed E-state index contributed by atoms with van der Waals surface area (Å²) in [6, 6.07) is 11.9. The zero-order chi connectivity index (χ0) is 24.1. The van der Waals surface area contributed by atoms with Crippen molar-refractivity contribution in [3.63, 3.8) is 0 Å². The minimum Gasteiger partial charge on any atom is -0.396 e. The number of aryl methyl sites for hydroxylation is 1. The molecule has 2 atom stereocenters. The van der Waals surface area contributed by atoms with Gasteiger partial charge in [-0.05, 0) is 49.6 Å². The first-order chi connectivity index (χ1) is 17.1. The van der Waals surface area contributed by atoms with Crippen LogP contribution in [-0.2, 0) is 11.2 Å². The molecule has 1 aromatic carbocycles. The van der Waals surface area contributed by atoms with Crippen molar-refractivity contribution >= 4 is 22.6 Å². The second-order valence-electron chi connectivity index (χ2n) is 9.05. The second-order valence-corrected chi connectivity index (χ2v) is 9.05. The van der Waals surface area contributed by atoms with Gasteiger partial charge in [0.1, 0.15) is 24.3 Å². The molecule has 0 radical (unpaired) electrons. The van der Waals surface area contributed by atoms with Crippen LogP contribution in [0.2, 0.25) is 0 Å². The maximum absolute atomic E-state index is 12.3. The van der Waals surface area contributed by atoms with Gasteiger partial charge in [0.2, 0.25) is 5.91 Å². The van der Waals surface area contributed by atoms with Gasteiger partial charge in [-0.3, -0.25) is 14.5 Å². The summed E-state index contributed by atoms with van der Waals surface area (Å²) in [6.07, 6.45) is 3.15. The van der Waals surface area contributed by atoms with Gasteiger partial charge >= 0.3 is 0 Å². The zero-order valence-electron chi connectivity index (χ0n) is 19.2. The van der Waals surface area contributed by atoms with E-state index in [1.54, 1.807) is 6.33 Å². The highest BCUT2D eigenvalue weighted by molar-refractivity contribution is 5.90. The number of fused-ring (bicyclic) bond motifs is 2. The van der Waals surface area contributed by atoms with E-state index in [9.17, 15) is 15.2 Å². The average molecular weight is 469 g/mol. The number of rotatable bonds is 5. The van der Waals surface area contributed by atoms with E-state index in [1.807, 2.05) is 41.8 Å². The molecule has 4 aromatic rings. The number of aliphatic hydroxyl groups excluding tert-OH is 1. The first kappa shape index (κ1) is 21.3. The lowest BCUT2D eigenvalue weighted by atomic mass is 10.0. The largest absolute Gasteiger partial charge is 0.396 e. The number of imidazole rings is 1. The molecule has 2 aliphatic rings. The number of hydrogen-bond donors (Lipinski definition) is 3. The highest BCUT2D eigenvalue weighted by atomic mass is 16.3. The van der Waals surface area contributed by atoms with Crippen molar-refractivity contribution in [1.82, 2.24) is 30.0 Å². The molecule has 0 aliphatic carbocycles. The van der Waals surface area contributed by atoms with Crippen molar-refractivity contribution in [2.75, 3.05) is 24.6 Å². The van der Waals surface area contributed by atoms with Crippen molar-refractivity contribution in [3.8, 4) is 23.1 Å². The lowest BCUT2D eigenvalue weighted by molar-refractivity contribution is -0.120. The quantitative estimate of drug-likeness (QED) is 0.407. The number of aromatic amines is 1. The normalized spacial score (nSPS) is 19.2. The van der Waals surface area contributed by atoms with Crippen LogP contribution in [0.3, 0.4) is 0 Å². The van der Waals surface area contributed by atoms with Crippen LogP contribution in [0.4, 0.5) is 5.69 Å². The lowest BCUT2D eigenvalue weighted by Crippen LogP contribution is -2.38. The Morgan fingerprint density at radius 2 is 2.17 bits per heavy atom. The maximum atomic E-state index is 12.3. The summed E-state index contributed by atoms with van der Waals surface area (Å²) in [7, 11) is 0. The summed E-state index contributed by atoms with van der Waals surface area (Å²) >= 11 is 0. The van der Waals surface area contributed by atoms with Crippen LogP contribution in [0.25, 0.3) is 28.1 Å². The molecular formula is C25H24N8O2. The number of benzene rings is 1. The average Bonchev–Trinajstić information content (AvgIpc) is 3.64. The molecule has 0 spiro atoms. The molecular weight excluding hydrogens is 444 g/mol. The summed E-state index contributed by atoms with van der Waals surface area (Å²) in [5.74, 6) is 1.11. The van der Waals surface area contributed by atoms with E-state index in [0.29, 0.717) is 29.4 Å². The smallest absolute Gasteiger partial charge is 0.243 e. The molecule has 0 saturated carbocycles. The minimum absolute atomic E-state index is 0.0278. The van der Waals surface area contributed by atoms with Gasteiger partial charge in [-0.1, -0.05) is 6.07 Å². The van der Waals surface area contributed by atoms with E-state index >= 15 is 0 Å². The zero-order valence-corrected chi connectivity index (χ0v) is 19.2. The van der Waals surface area contributed by atoms with Crippen LogP contribution in [0.5, 0.6) is 0 Å². The Balaban J connectivity index is 1.41. The molecule has 35 heavy (non-hydrogen) atoms. The van der Waals surface area contributed by atoms with E-state index in [2.05, 4.69) is 31.5 Å². The number of nitriles is 1. The van der Waals surface area contributed by atoms with Crippen molar-refractivity contribution in [1.29, 1.82) is 5.26 Å². The number of hydrogen-bond acceptors (Lipinski definition) is 7. The Morgan fingerprint density at radius 3 is 3.00 bits per heavy atom. The molecule has 176 valence electrons. The third kappa shape index (κ3) is 3.35. The maximum Gasteiger partial charge on any atom is 0.243 e. The van der Waals surface area contributed by atoms with Gasteiger partial charge in [-0.2, -0.15) is 10.4 Å². The molecule has 0 unspecified atom stereocenters. The Morgan fingerprint density at radius 1 is 1.29 bits per heavy atom. The van der Waals surface area contributed by atoms with E-state index < -0.39 is 0 Å². The van der Waals surface area contributed by atoms with Gasteiger partial charge in [0, 0.05) is 37.0 Å². The Kier molecular flexibility index (Phi) is 5.00. The number of anilines is 1. The number of H-pyrrole nitrogens is 1. The van der Waals surface area contributed by atoms with E-state index in [1.165, 1.54) is 0 Å². The van der Waals surface area contributed by atoms with Crippen LogP contribution < -0.4 is 10.2 Å². The number of nitrogens with zero attached hydrogens (tertiary/aromatic N) is 6. The summed E-state index contributed by atoms with van der Waals surface area (Å²) in [4.78, 5) is 24.0. The lowest BCUT2D eigenvalue weighted by Gasteiger charge is -2.24. The second kappa shape index (κ2) is 8.21. The third-order valence-electron chi connectivity index (χ3n) is 7.07.